The van der Waals surface area contributed by atoms with Crippen molar-refractivity contribution in [3.05, 3.63) is 72.7 Å². The number of hydrogen-bond donors (Lipinski definition) is 0. The second kappa shape index (κ2) is 7.58. The van der Waals surface area contributed by atoms with E-state index in [0.29, 0.717) is 43.8 Å². The number of hydrogen-bond acceptors (Lipinski definition) is 5. The molecule has 2 aliphatic heterocycles. The lowest BCUT2D eigenvalue weighted by molar-refractivity contribution is -0.122. The van der Waals surface area contributed by atoms with E-state index in [1.165, 1.54) is 4.31 Å². The summed E-state index contributed by atoms with van der Waals surface area (Å²) in [5, 5.41) is 4.55. The molecule has 5 rings (SSSR count). The summed E-state index contributed by atoms with van der Waals surface area (Å²) in [4.78, 5) is 19.3. The molecule has 0 atom stereocenters. The minimum Gasteiger partial charge on any atom is -0.292 e. The van der Waals surface area contributed by atoms with Gasteiger partial charge in [-0.25, -0.2) is 13.1 Å². The first-order valence-electron chi connectivity index (χ1n) is 10.3. The number of nitrogens with zero attached hydrogens (tertiary/aromatic N) is 5. The molecule has 1 spiro atoms. The van der Waals surface area contributed by atoms with Crippen LogP contribution in [-0.4, -0.2) is 46.5 Å². The van der Waals surface area contributed by atoms with Crippen molar-refractivity contribution < 1.29 is 13.2 Å². The number of piperidine rings is 1. The summed E-state index contributed by atoms with van der Waals surface area (Å²) in [7, 11) is -3.54. The Bertz CT molecular complexity index is 1190. The van der Waals surface area contributed by atoms with Crippen LogP contribution in [0.2, 0.25) is 0 Å². The zero-order valence-corrected chi connectivity index (χ0v) is 17.8. The zero-order valence-electron chi connectivity index (χ0n) is 17.0. The van der Waals surface area contributed by atoms with Gasteiger partial charge in [-0.2, -0.15) is 9.40 Å². The second-order valence-electron chi connectivity index (χ2n) is 8.05. The average molecular weight is 438 g/mol. The fourth-order valence-corrected chi connectivity index (χ4v) is 6.02. The Morgan fingerprint density at radius 1 is 0.935 bits per heavy atom. The summed E-state index contributed by atoms with van der Waals surface area (Å²) >= 11 is 0. The van der Waals surface area contributed by atoms with E-state index in [-0.39, 0.29) is 5.91 Å². The van der Waals surface area contributed by atoms with Crippen LogP contribution in [-0.2, 0) is 26.9 Å². The fourth-order valence-electron chi connectivity index (χ4n) is 4.56. The standard InChI is InChI=1S/C22H23N5O3S/c28-21-16-22(9-14-25(15-10-22)31(29,30)19-4-2-1-3-5-19)27-20(8-13-24-27)26(21)17-18-6-11-23-12-7-18/h1-8,11-13H,9-10,14-17H2. The molecule has 1 saturated heterocycles. The fraction of sp³-hybridized carbons (Fsp3) is 0.318. The average Bonchev–Trinajstić information content (AvgIpc) is 3.29. The molecule has 4 heterocycles. The Balaban J connectivity index is 1.39. The number of pyridine rings is 1. The third-order valence-corrected chi connectivity index (χ3v) is 8.17. The predicted octanol–water partition coefficient (Wildman–Crippen LogP) is 2.40. The molecule has 0 radical (unpaired) electrons. The lowest BCUT2D eigenvalue weighted by atomic mass is 9.83. The molecule has 0 saturated carbocycles. The molecule has 9 heteroatoms. The molecule has 0 unspecified atom stereocenters. The number of anilines is 1. The summed E-state index contributed by atoms with van der Waals surface area (Å²) in [6.07, 6.45) is 6.54. The van der Waals surface area contributed by atoms with Crippen molar-refractivity contribution in [1.29, 1.82) is 0 Å². The third kappa shape index (κ3) is 3.43. The summed E-state index contributed by atoms with van der Waals surface area (Å²) < 4.78 is 29.4. The van der Waals surface area contributed by atoms with Crippen molar-refractivity contribution in [2.24, 2.45) is 0 Å². The summed E-state index contributed by atoms with van der Waals surface area (Å²) in [6.45, 7) is 1.17. The van der Waals surface area contributed by atoms with Crippen LogP contribution in [0.5, 0.6) is 0 Å². The molecule has 8 nitrogen and oxygen atoms in total. The van der Waals surface area contributed by atoms with Gasteiger partial charge in [0.2, 0.25) is 15.9 Å². The van der Waals surface area contributed by atoms with Gasteiger partial charge < -0.3 is 0 Å². The van der Waals surface area contributed by atoms with Gasteiger partial charge in [0.1, 0.15) is 5.82 Å². The Kier molecular flexibility index (Phi) is 4.86. The molecule has 2 aliphatic rings. The molecule has 160 valence electrons. The quantitative estimate of drug-likeness (QED) is 0.625. The van der Waals surface area contributed by atoms with Gasteiger partial charge in [-0.3, -0.25) is 14.7 Å². The molecule has 31 heavy (non-hydrogen) atoms. The molecule has 2 aromatic heterocycles. The van der Waals surface area contributed by atoms with Crippen LogP contribution in [0.15, 0.2) is 72.0 Å². The smallest absolute Gasteiger partial charge is 0.243 e. The SMILES string of the molecule is O=C1CC2(CCN(S(=O)(=O)c3ccccc3)CC2)n2nccc2N1Cc1ccncc1. The van der Waals surface area contributed by atoms with Crippen LogP contribution >= 0.6 is 0 Å². The highest BCUT2D eigenvalue weighted by molar-refractivity contribution is 7.89. The van der Waals surface area contributed by atoms with Crippen LogP contribution in [0.25, 0.3) is 0 Å². The molecule has 0 bridgehead atoms. The molecule has 3 aromatic rings. The predicted molar refractivity (Wildman–Crippen MR) is 115 cm³/mol. The zero-order chi connectivity index (χ0) is 21.5. The minimum atomic E-state index is -3.54. The van der Waals surface area contributed by atoms with Gasteiger partial charge in [0, 0.05) is 31.5 Å². The first kappa shape index (κ1) is 19.9. The van der Waals surface area contributed by atoms with Crippen molar-refractivity contribution >= 4 is 21.7 Å². The largest absolute Gasteiger partial charge is 0.292 e. The molecular weight excluding hydrogens is 414 g/mol. The van der Waals surface area contributed by atoms with Crippen molar-refractivity contribution in [1.82, 2.24) is 19.1 Å². The van der Waals surface area contributed by atoms with E-state index in [2.05, 4.69) is 10.1 Å². The van der Waals surface area contributed by atoms with Crippen molar-refractivity contribution in [3.8, 4) is 0 Å². The van der Waals surface area contributed by atoms with Gasteiger partial charge in [0.15, 0.2) is 0 Å². The number of amides is 1. The van der Waals surface area contributed by atoms with Gasteiger partial charge in [-0.05, 0) is 42.7 Å². The van der Waals surface area contributed by atoms with Gasteiger partial charge in [0.25, 0.3) is 0 Å². The van der Waals surface area contributed by atoms with E-state index in [9.17, 15) is 13.2 Å². The van der Waals surface area contributed by atoms with E-state index in [1.54, 1.807) is 53.8 Å². The lowest BCUT2D eigenvalue weighted by Crippen LogP contribution is -2.54. The molecule has 0 N–H and O–H groups in total. The first-order valence-corrected chi connectivity index (χ1v) is 11.7. The maximum atomic E-state index is 13.2. The molecule has 0 aliphatic carbocycles. The number of rotatable bonds is 4. The highest BCUT2D eigenvalue weighted by Crippen LogP contribution is 2.42. The van der Waals surface area contributed by atoms with Gasteiger partial charge in [-0.15, -0.1) is 0 Å². The summed E-state index contributed by atoms with van der Waals surface area (Å²) in [5.41, 5.74) is 0.503. The Morgan fingerprint density at radius 3 is 2.35 bits per heavy atom. The topological polar surface area (TPSA) is 88.4 Å². The van der Waals surface area contributed by atoms with E-state index in [0.717, 1.165) is 11.4 Å². The number of sulfonamides is 1. The van der Waals surface area contributed by atoms with Crippen LogP contribution in [0.4, 0.5) is 5.82 Å². The summed E-state index contributed by atoms with van der Waals surface area (Å²) in [5.74, 6) is 0.789. The van der Waals surface area contributed by atoms with Crippen LogP contribution in [0.1, 0.15) is 24.8 Å². The second-order valence-corrected chi connectivity index (χ2v) is 9.99. The van der Waals surface area contributed by atoms with E-state index in [1.807, 2.05) is 22.9 Å². The van der Waals surface area contributed by atoms with Crippen molar-refractivity contribution in [3.63, 3.8) is 0 Å². The van der Waals surface area contributed by atoms with Crippen molar-refractivity contribution in [2.45, 2.75) is 36.2 Å². The van der Waals surface area contributed by atoms with Crippen molar-refractivity contribution in [2.75, 3.05) is 18.0 Å². The molecular formula is C22H23N5O3S. The lowest BCUT2D eigenvalue weighted by Gasteiger charge is -2.46. The van der Waals surface area contributed by atoms with Gasteiger partial charge >= 0.3 is 0 Å². The summed E-state index contributed by atoms with van der Waals surface area (Å²) in [6, 6.07) is 14.1. The molecule has 1 aromatic carbocycles. The normalized spacial score (nSPS) is 18.8. The Morgan fingerprint density at radius 2 is 1.65 bits per heavy atom. The Labute approximate surface area is 181 Å². The number of carbonyl (C=O) groups is 1. The number of fused-ring (bicyclic) bond motifs is 2. The van der Waals surface area contributed by atoms with Crippen LogP contribution in [0, 0.1) is 0 Å². The van der Waals surface area contributed by atoms with Gasteiger partial charge in [0.05, 0.1) is 29.6 Å². The van der Waals surface area contributed by atoms with Gasteiger partial charge in [-0.1, -0.05) is 18.2 Å². The highest BCUT2D eigenvalue weighted by Gasteiger charge is 2.47. The first-order chi connectivity index (χ1) is 15.0. The monoisotopic (exact) mass is 437 g/mol. The third-order valence-electron chi connectivity index (χ3n) is 6.25. The number of carbonyl (C=O) groups excluding carboxylic acids is 1. The minimum absolute atomic E-state index is 0.0316. The van der Waals surface area contributed by atoms with Crippen LogP contribution < -0.4 is 4.90 Å². The Hall–Kier alpha value is -3.04. The highest BCUT2D eigenvalue weighted by atomic mass is 32.2. The number of benzene rings is 1. The van der Waals surface area contributed by atoms with E-state index < -0.39 is 15.6 Å². The molecule has 1 amide bonds. The maximum absolute atomic E-state index is 13.2. The van der Waals surface area contributed by atoms with E-state index in [4.69, 9.17) is 0 Å². The maximum Gasteiger partial charge on any atom is 0.243 e. The van der Waals surface area contributed by atoms with E-state index >= 15 is 0 Å². The molecule has 1 fully saturated rings. The van der Waals surface area contributed by atoms with Crippen LogP contribution in [0.3, 0.4) is 0 Å². The number of aromatic nitrogens is 3.